The molecular weight excluding hydrogens is 328 g/mol. The van der Waals surface area contributed by atoms with E-state index in [1.54, 1.807) is 24.3 Å². The quantitative estimate of drug-likeness (QED) is 0.771. The molecule has 0 aliphatic rings. The first-order chi connectivity index (χ1) is 3.39. The minimum Gasteiger partial charge on any atom is -0.508 e. The van der Waals surface area contributed by atoms with Crippen LogP contribution in [0.3, 0.4) is 0 Å². The van der Waals surface area contributed by atoms with E-state index in [4.69, 9.17) is 5.11 Å². The Morgan fingerprint density at radius 3 is 1.40 bits per heavy atom. The van der Waals surface area contributed by atoms with E-state index in [1.165, 1.54) is 0 Å². The van der Waals surface area contributed by atoms with Crippen LogP contribution in [-0.2, 0) is 0 Å². The van der Waals surface area contributed by atoms with Gasteiger partial charge in [0.15, 0.2) is 0 Å². The Bertz CT molecular complexity index is 143. The molecule has 1 rings (SSSR count). The summed E-state index contributed by atoms with van der Waals surface area (Å²) < 4.78 is 0. The van der Waals surface area contributed by atoms with E-state index < -0.39 is 0 Å². The third-order valence-corrected chi connectivity index (χ3v) is 0.756. The lowest BCUT2D eigenvalue weighted by atomic mass is 10.3. The maximum atomic E-state index is 8.63. The number of phenolic OH excluding ortho intramolecular Hbond substituents is 1. The number of aromatic hydroxyl groups is 1. The third kappa shape index (κ3) is 6.58. The number of rotatable bonds is 0. The van der Waals surface area contributed by atoms with Gasteiger partial charge < -0.3 is 5.11 Å². The van der Waals surface area contributed by atoms with Gasteiger partial charge in [-0.05, 0) is 12.1 Å². The first kappa shape index (κ1) is 16.8. The van der Waals surface area contributed by atoms with Crippen molar-refractivity contribution in [2.24, 2.45) is 0 Å². The number of hydrogen-bond acceptors (Lipinski definition) is 1. The molecule has 1 aromatic carbocycles. The molecule has 60 valence electrons. The zero-order valence-electron chi connectivity index (χ0n) is 5.06. The van der Waals surface area contributed by atoms with Gasteiger partial charge in [0.05, 0.1) is 0 Å². The molecule has 1 N–H and O–H groups in total. The Kier molecular flexibility index (Phi) is 15.9. The Balaban J connectivity index is -0.000000163. The fourth-order valence-corrected chi connectivity index (χ4v) is 0.428. The van der Waals surface area contributed by atoms with Gasteiger partial charge in [-0.3, -0.25) is 0 Å². The Hall–Kier alpha value is 0.460. The second kappa shape index (κ2) is 9.46. The molecule has 0 fully saturated rings. The van der Waals surface area contributed by atoms with Crippen molar-refractivity contribution in [3.8, 4) is 5.75 Å². The van der Waals surface area contributed by atoms with Gasteiger partial charge in [0, 0.05) is 0 Å². The molecule has 0 aliphatic carbocycles. The second-order valence-corrected chi connectivity index (χ2v) is 1.34. The van der Waals surface area contributed by atoms with Crippen molar-refractivity contribution in [2.45, 2.75) is 0 Å². The van der Waals surface area contributed by atoms with Crippen LogP contribution >= 0.6 is 50.9 Å². The van der Waals surface area contributed by atoms with Gasteiger partial charge in [0.2, 0.25) is 0 Å². The van der Waals surface area contributed by atoms with E-state index in [2.05, 4.69) is 0 Å². The predicted octanol–water partition coefficient (Wildman–Crippen LogP) is 3.13. The van der Waals surface area contributed by atoms with Crippen LogP contribution in [0.15, 0.2) is 30.3 Å². The molecular formula is C6H9Br3O. The van der Waals surface area contributed by atoms with Gasteiger partial charge in [-0.2, -0.15) is 0 Å². The molecule has 0 unspecified atom stereocenters. The number of hydrogen-bond donors (Lipinski definition) is 1. The van der Waals surface area contributed by atoms with Crippen molar-refractivity contribution in [1.82, 2.24) is 0 Å². The Morgan fingerprint density at radius 1 is 0.800 bits per heavy atom. The van der Waals surface area contributed by atoms with E-state index in [9.17, 15) is 0 Å². The summed E-state index contributed by atoms with van der Waals surface area (Å²) >= 11 is 0. The summed E-state index contributed by atoms with van der Waals surface area (Å²) in [5.74, 6) is 0.322. The average Bonchev–Trinajstić information content (AvgIpc) is 1.69. The Labute approximate surface area is 91.8 Å². The van der Waals surface area contributed by atoms with Crippen molar-refractivity contribution >= 4 is 50.9 Å². The van der Waals surface area contributed by atoms with Crippen molar-refractivity contribution < 1.29 is 5.11 Å². The molecule has 0 atom stereocenters. The summed E-state index contributed by atoms with van der Waals surface area (Å²) in [6.07, 6.45) is 0. The lowest BCUT2D eigenvalue weighted by molar-refractivity contribution is 0.475. The molecule has 0 heterocycles. The number of phenols is 1. The monoisotopic (exact) mass is 334 g/mol. The molecule has 10 heavy (non-hydrogen) atoms. The van der Waals surface area contributed by atoms with Crippen molar-refractivity contribution in [3.63, 3.8) is 0 Å². The highest BCUT2D eigenvalue weighted by Gasteiger charge is 1.74. The molecule has 0 aliphatic heterocycles. The highest BCUT2D eigenvalue weighted by molar-refractivity contribution is 8.93. The molecule has 0 radical (unpaired) electrons. The minimum atomic E-state index is 0. The smallest absolute Gasteiger partial charge is 0.115 e. The fourth-order valence-electron chi connectivity index (χ4n) is 0.428. The van der Waals surface area contributed by atoms with Crippen LogP contribution < -0.4 is 0 Å². The summed E-state index contributed by atoms with van der Waals surface area (Å²) in [6, 6.07) is 8.71. The van der Waals surface area contributed by atoms with E-state index in [-0.39, 0.29) is 50.9 Å². The van der Waals surface area contributed by atoms with Gasteiger partial charge in [-0.15, -0.1) is 50.9 Å². The summed E-state index contributed by atoms with van der Waals surface area (Å²) in [7, 11) is 0. The summed E-state index contributed by atoms with van der Waals surface area (Å²) in [4.78, 5) is 0. The standard InChI is InChI=1S/C6H6O.3BrH/c7-6-4-2-1-3-5-6;;;/h1-5,7H;3*1H. The molecule has 1 aromatic rings. The normalized spacial score (nSPS) is 6.00. The lowest BCUT2D eigenvalue weighted by Crippen LogP contribution is -1.56. The molecule has 0 saturated heterocycles. The van der Waals surface area contributed by atoms with Crippen LogP contribution in [0.25, 0.3) is 0 Å². The zero-order valence-corrected chi connectivity index (χ0v) is 10.2. The van der Waals surface area contributed by atoms with Gasteiger partial charge >= 0.3 is 0 Å². The van der Waals surface area contributed by atoms with Crippen molar-refractivity contribution in [2.75, 3.05) is 0 Å². The highest BCUT2D eigenvalue weighted by atomic mass is 79.9. The lowest BCUT2D eigenvalue weighted by Gasteiger charge is -1.82. The topological polar surface area (TPSA) is 20.2 Å². The summed E-state index contributed by atoms with van der Waals surface area (Å²) in [6.45, 7) is 0. The summed E-state index contributed by atoms with van der Waals surface area (Å²) in [5, 5.41) is 8.63. The zero-order chi connectivity index (χ0) is 5.11. The van der Waals surface area contributed by atoms with Crippen molar-refractivity contribution in [3.05, 3.63) is 30.3 Å². The van der Waals surface area contributed by atoms with E-state index in [1.807, 2.05) is 6.07 Å². The SMILES string of the molecule is Br.Br.Br.Oc1ccccc1. The van der Waals surface area contributed by atoms with E-state index in [0.29, 0.717) is 5.75 Å². The maximum Gasteiger partial charge on any atom is 0.115 e. The van der Waals surface area contributed by atoms with Crippen LogP contribution in [0.5, 0.6) is 5.75 Å². The van der Waals surface area contributed by atoms with Gasteiger partial charge in [-0.1, -0.05) is 18.2 Å². The first-order valence-corrected chi connectivity index (χ1v) is 2.13. The van der Waals surface area contributed by atoms with Crippen LogP contribution in [0.2, 0.25) is 0 Å². The molecule has 0 spiro atoms. The van der Waals surface area contributed by atoms with Gasteiger partial charge in [0.1, 0.15) is 5.75 Å². The largest absolute Gasteiger partial charge is 0.508 e. The molecule has 0 bridgehead atoms. The molecule has 0 saturated carbocycles. The maximum absolute atomic E-state index is 8.63. The molecule has 1 nitrogen and oxygen atoms in total. The molecule has 4 heteroatoms. The number of halogens is 3. The van der Waals surface area contributed by atoms with Crippen LogP contribution in [0, 0.1) is 0 Å². The van der Waals surface area contributed by atoms with Crippen LogP contribution in [0.4, 0.5) is 0 Å². The first-order valence-electron chi connectivity index (χ1n) is 2.13. The molecule has 0 aromatic heterocycles. The fraction of sp³-hybridized carbons (Fsp3) is 0. The predicted molar refractivity (Wildman–Crippen MR) is 59.1 cm³/mol. The Morgan fingerprint density at radius 2 is 1.20 bits per heavy atom. The van der Waals surface area contributed by atoms with E-state index >= 15 is 0 Å². The van der Waals surface area contributed by atoms with Crippen molar-refractivity contribution in [1.29, 1.82) is 0 Å². The number of para-hydroxylation sites is 1. The van der Waals surface area contributed by atoms with E-state index in [0.717, 1.165) is 0 Å². The highest BCUT2D eigenvalue weighted by Crippen LogP contribution is 2.02. The number of benzene rings is 1. The van der Waals surface area contributed by atoms with Crippen LogP contribution in [0.1, 0.15) is 0 Å². The minimum absolute atomic E-state index is 0. The van der Waals surface area contributed by atoms with Gasteiger partial charge in [-0.25, -0.2) is 0 Å². The van der Waals surface area contributed by atoms with Gasteiger partial charge in [0.25, 0.3) is 0 Å². The third-order valence-electron chi connectivity index (χ3n) is 0.756. The van der Waals surface area contributed by atoms with Crippen LogP contribution in [-0.4, -0.2) is 5.11 Å². The summed E-state index contributed by atoms with van der Waals surface area (Å²) in [5.41, 5.74) is 0. The molecule has 0 amide bonds. The average molecular weight is 337 g/mol. The second-order valence-electron chi connectivity index (χ2n) is 1.34.